The molecule has 3 N–H and O–H groups in total. The molecule has 2 unspecified atom stereocenters. The van der Waals surface area contributed by atoms with E-state index in [9.17, 15) is 19.5 Å². The minimum Gasteiger partial charge on any atom is -0.480 e. The number of thioether (sulfide) groups is 1. The number of carbonyl (C=O) groups excluding carboxylic acids is 2. The number of rotatable bonds is 9. The largest absolute Gasteiger partial charge is 0.480 e. The van der Waals surface area contributed by atoms with Crippen molar-refractivity contribution in [3.05, 3.63) is 0 Å². The number of carboxylic acid groups (broad SMARTS) is 1. The SMILES string of the molecule is CCOC(=O)[C@H](CSC12CC3CC(CC(C3)C1)C2)N1CCCC1(C(=O)O)C(=O)C(C)N. The van der Waals surface area contributed by atoms with Crippen LogP contribution in [0.25, 0.3) is 0 Å². The van der Waals surface area contributed by atoms with Gasteiger partial charge >= 0.3 is 11.9 Å². The van der Waals surface area contributed by atoms with Gasteiger partial charge in [0.05, 0.1) is 12.6 Å². The Kier molecular flexibility index (Phi) is 6.45. The number of esters is 1. The third-order valence-corrected chi connectivity index (χ3v) is 9.66. The Labute approximate surface area is 188 Å². The summed E-state index contributed by atoms with van der Waals surface area (Å²) in [5, 5.41) is 10.1. The van der Waals surface area contributed by atoms with E-state index in [0.29, 0.717) is 18.7 Å². The number of carboxylic acids is 1. The van der Waals surface area contributed by atoms with E-state index >= 15 is 0 Å². The first-order chi connectivity index (χ1) is 14.7. The third-order valence-electron chi connectivity index (χ3n) is 8.07. The predicted molar refractivity (Wildman–Crippen MR) is 119 cm³/mol. The van der Waals surface area contributed by atoms with Crippen LogP contribution in [0, 0.1) is 17.8 Å². The van der Waals surface area contributed by atoms with E-state index in [2.05, 4.69) is 0 Å². The molecule has 8 heteroatoms. The fourth-order valence-corrected chi connectivity index (χ4v) is 9.11. The molecule has 0 aromatic carbocycles. The van der Waals surface area contributed by atoms with Gasteiger partial charge in [-0.3, -0.25) is 14.5 Å². The molecular weight excluding hydrogens is 416 g/mol. The van der Waals surface area contributed by atoms with Crippen molar-refractivity contribution in [1.82, 2.24) is 4.90 Å². The molecular formula is C23H36N2O5S. The summed E-state index contributed by atoms with van der Waals surface area (Å²) in [6, 6.07) is -1.66. The lowest BCUT2D eigenvalue weighted by atomic mass is 9.56. The number of hydrogen-bond donors (Lipinski definition) is 2. The Hall–Kier alpha value is -1.12. The van der Waals surface area contributed by atoms with Crippen molar-refractivity contribution in [1.29, 1.82) is 0 Å². The molecule has 1 aliphatic heterocycles. The maximum Gasteiger partial charge on any atom is 0.332 e. The molecule has 1 saturated heterocycles. The molecule has 0 aromatic rings. The molecule has 0 radical (unpaired) electrons. The summed E-state index contributed by atoms with van der Waals surface area (Å²) in [6.07, 6.45) is 8.35. The second-order valence-electron chi connectivity index (χ2n) is 10.3. The normalized spacial score (nSPS) is 38.7. The first-order valence-corrected chi connectivity index (χ1v) is 12.8. The molecule has 31 heavy (non-hydrogen) atoms. The zero-order valence-electron chi connectivity index (χ0n) is 18.7. The Morgan fingerprint density at radius 2 is 1.74 bits per heavy atom. The number of Topliss-reactive ketones (excluding diaryl/α,β-unsaturated/α-hetero) is 1. The van der Waals surface area contributed by atoms with Crippen LogP contribution >= 0.6 is 11.8 Å². The Morgan fingerprint density at radius 3 is 2.23 bits per heavy atom. The fourth-order valence-electron chi connectivity index (χ4n) is 7.23. The van der Waals surface area contributed by atoms with Gasteiger partial charge in [0.15, 0.2) is 11.3 Å². The molecule has 0 spiro atoms. The van der Waals surface area contributed by atoms with Gasteiger partial charge in [-0.25, -0.2) is 4.79 Å². The Bertz CT molecular complexity index is 706. The molecule has 174 valence electrons. The van der Waals surface area contributed by atoms with Crippen molar-refractivity contribution >= 4 is 29.5 Å². The van der Waals surface area contributed by atoms with E-state index < -0.39 is 35.3 Å². The second-order valence-corrected chi connectivity index (χ2v) is 11.8. The average Bonchev–Trinajstić information content (AvgIpc) is 3.12. The molecule has 3 atom stereocenters. The zero-order valence-corrected chi connectivity index (χ0v) is 19.5. The summed E-state index contributed by atoms with van der Waals surface area (Å²) in [5.74, 6) is 0.697. The van der Waals surface area contributed by atoms with Gasteiger partial charge in [0.25, 0.3) is 0 Å². The number of nitrogens with zero attached hydrogens (tertiary/aromatic N) is 1. The van der Waals surface area contributed by atoms with Gasteiger partial charge < -0.3 is 15.6 Å². The second kappa shape index (κ2) is 8.67. The molecule has 5 fully saturated rings. The highest BCUT2D eigenvalue weighted by atomic mass is 32.2. The van der Waals surface area contributed by atoms with Crippen LogP contribution in [0.2, 0.25) is 0 Å². The summed E-state index contributed by atoms with van der Waals surface area (Å²) in [7, 11) is 0. The van der Waals surface area contributed by atoms with Crippen molar-refractivity contribution in [2.75, 3.05) is 18.9 Å². The molecule has 1 heterocycles. The zero-order chi connectivity index (χ0) is 22.4. The summed E-state index contributed by atoms with van der Waals surface area (Å²) >= 11 is 1.84. The first-order valence-electron chi connectivity index (χ1n) is 11.8. The number of hydrogen-bond acceptors (Lipinski definition) is 7. The van der Waals surface area contributed by atoms with E-state index in [1.807, 2.05) is 11.8 Å². The average molecular weight is 453 g/mol. The highest BCUT2D eigenvalue weighted by Gasteiger charge is 2.58. The molecule has 0 amide bonds. The third kappa shape index (κ3) is 4.04. The number of nitrogens with two attached hydrogens (primary N) is 1. The molecule has 4 aliphatic carbocycles. The van der Waals surface area contributed by atoms with Crippen molar-refractivity contribution in [3.63, 3.8) is 0 Å². The van der Waals surface area contributed by atoms with Gasteiger partial charge in [0.1, 0.15) is 6.04 Å². The van der Waals surface area contributed by atoms with Crippen LogP contribution in [0.5, 0.6) is 0 Å². The van der Waals surface area contributed by atoms with Gasteiger partial charge in [-0.2, -0.15) is 11.8 Å². The summed E-state index contributed by atoms with van der Waals surface area (Å²) in [6.45, 7) is 3.89. The van der Waals surface area contributed by atoms with Gasteiger partial charge in [0, 0.05) is 17.0 Å². The van der Waals surface area contributed by atoms with Crippen LogP contribution in [0.15, 0.2) is 0 Å². The smallest absolute Gasteiger partial charge is 0.332 e. The maximum atomic E-state index is 13.0. The lowest BCUT2D eigenvalue weighted by molar-refractivity contribution is -0.162. The van der Waals surface area contributed by atoms with Crippen LogP contribution in [-0.2, 0) is 19.1 Å². The number of ether oxygens (including phenoxy) is 1. The van der Waals surface area contributed by atoms with E-state index in [1.165, 1.54) is 45.4 Å². The van der Waals surface area contributed by atoms with Gasteiger partial charge in [-0.15, -0.1) is 0 Å². The predicted octanol–water partition coefficient (Wildman–Crippen LogP) is 2.46. The van der Waals surface area contributed by atoms with Crippen molar-refractivity contribution in [2.24, 2.45) is 23.5 Å². The first kappa shape index (κ1) is 23.1. The van der Waals surface area contributed by atoms with E-state index in [0.717, 1.165) is 17.8 Å². The number of likely N-dealkylation sites (tertiary alicyclic amines) is 1. The highest BCUT2D eigenvalue weighted by molar-refractivity contribution is 8.00. The minimum absolute atomic E-state index is 0.181. The quantitative estimate of drug-likeness (QED) is 0.405. The van der Waals surface area contributed by atoms with Crippen LogP contribution in [0.1, 0.15) is 65.2 Å². The summed E-state index contributed by atoms with van der Waals surface area (Å²) in [4.78, 5) is 40.1. The van der Waals surface area contributed by atoms with Gasteiger partial charge in [-0.05, 0) is 83.0 Å². The van der Waals surface area contributed by atoms with Crippen LogP contribution < -0.4 is 5.73 Å². The van der Waals surface area contributed by atoms with Crippen LogP contribution in [0.4, 0.5) is 0 Å². The molecule has 5 rings (SSSR count). The maximum absolute atomic E-state index is 13.0. The van der Waals surface area contributed by atoms with Gasteiger partial charge in [0.2, 0.25) is 0 Å². The molecule has 0 aromatic heterocycles. The van der Waals surface area contributed by atoms with Gasteiger partial charge in [-0.1, -0.05) is 0 Å². The number of carbonyl (C=O) groups is 3. The van der Waals surface area contributed by atoms with Crippen molar-refractivity contribution in [3.8, 4) is 0 Å². The lowest BCUT2D eigenvalue weighted by Crippen LogP contribution is -2.65. The summed E-state index contributed by atoms with van der Waals surface area (Å²) < 4.78 is 5.56. The topological polar surface area (TPSA) is 110 Å². The summed E-state index contributed by atoms with van der Waals surface area (Å²) in [5.41, 5.74) is 4.11. The van der Waals surface area contributed by atoms with E-state index in [-0.39, 0.29) is 17.8 Å². The van der Waals surface area contributed by atoms with Crippen molar-refractivity contribution < 1.29 is 24.2 Å². The number of aliphatic carboxylic acids is 1. The number of ketones is 1. The standard InChI is InChI=1S/C23H36N2O5S/c1-3-30-20(27)18(25-6-4-5-23(25,21(28)29)19(26)14(2)24)13-31-22-10-15-7-16(11-22)9-17(8-15)12-22/h14-18H,3-13,24H2,1-2H3,(H,28,29)/t14?,15?,16?,17?,18-,22?,23?/m0/s1. The highest BCUT2D eigenvalue weighted by Crippen LogP contribution is 2.60. The minimum atomic E-state index is -1.74. The lowest BCUT2D eigenvalue weighted by Gasteiger charge is -2.56. The molecule has 7 nitrogen and oxygen atoms in total. The Morgan fingerprint density at radius 1 is 1.16 bits per heavy atom. The fraction of sp³-hybridized carbons (Fsp3) is 0.870. The molecule has 4 saturated carbocycles. The monoisotopic (exact) mass is 452 g/mol. The van der Waals surface area contributed by atoms with Crippen molar-refractivity contribution in [2.45, 2.75) is 87.6 Å². The Balaban J connectivity index is 1.58. The molecule has 5 aliphatic rings. The van der Waals surface area contributed by atoms with Crippen LogP contribution in [0.3, 0.4) is 0 Å². The van der Waals surface area contributed by atoms with E-state index in [1.54, 1.807) is 11.8 Å². The van der Waals surface area contributed by atoms with Crippen LogP contribution in [-0.4, -0.2) is 69.0 Å². The molecule has 4 bridgehead atoms. The van der Waals surface area contributed by atoms with E-state index in [4.69, 9.17) is 10.5 Å².